The molecule has 0 saturated heterocycles. The molecule has 0 amide bonds. The molecule has 3 heteroatoms. The summed E-state index contributed by atoms with van der Waals surface area (Å²) < 4.78 is 23.6. The van der Waals surface area contributed by atoms with Crippen LogP contribution in [0, 0.1) is 0 Å². The van der Waals surface area contributed by atoms with Crippen LogP contribution < -0.4 is 0 Å². The molecule has 0 fully saturated rings. The molecule has 12 heavy (non-hydrogen) atoms. The van der Waals surface area contributed by atoms with Crippen LogP contribution in [-0.2, 0) is 6.42 Å². The summed E-state index contributed by atoms with van der Waals surface area (Å²) in [4.78, 5) is 0. The van der Waals surface area contributed by atoms with Gasteiger partial charge in [0, 0.05) is 11.4 Å². The summed E-state index contributed by atoms with van der Waals surface area (Å²) in [5, 5.41) is 0.599. The van der Waals surface area contributed by atoms with Crippen LogP contribution in [0.3, 0.4) is 0 Å². The highest BCUT2D eigenvalue weighted by molar-refractivity contribution is 6.30. The second-order valence-electron chi connectivity index (χ2n) is 2.56. The maximum Gasteiger partial charge on any atom is 0.239 e. The number of alkyl halides is 2. The quantitative estimate of drug-likeness (QED) is 0.684. The summed E-state index contributed by atoms with van der Waals surface area (Å²) in [6.07, 6.45) is -1.94. The van der Waals surface area contributed by atoms with Gasteiger partial charge < -0.3 is 0 Å². The van der Waals surface area contributed by atoms with Crippen molar-refractivity contribution in [2.24, 2.45) is 0 Å². The average Bonchev–Trinajstić information content (AvgIpc) is 2.01. The van der Waals surface area contributed by atoms with E-state index in [0.29, 0.717) is 11.4 Å². The Kier molecular flexibility index (Phi) is 3.48. The molecule has 0 atom stereocenters. The first-order valence-corrected chi connectivity index (χ1v) is 4.09. The molecule has 1 aromatic carbocycles. The van der Waals surface area contributed by atoms with Crippen molar-refractivity contribution in [1.29, 1.82) is 0 Å². The predicted octanol–water partition coefficient (Wildman–Crippen LogP) is 3.54. The monoisotopic (exact) mass is 190 g/mol. The fourth-order valence-electron chi connectivity index (χ4n) is 0.968. The smallest absolute Gasteiger partial charge is 0.211 e. The number of hydrogen-bond donors (Lipinski definition) is 0. The minimum Gasteiger partial charge on any atom is -0.211 e. The molecule has 0 bridgehead atoms. The van der Waals surface area contributed by atoms with Gasteiger partial charge in [0.15, 0.2) is 0 Å². The maximum absolute atomic E-state index is 11.8. The SMILES string of the molecule is FC(F)CCc1cccc(Cl)c1. The van der Waals surface area contributed by atoms with E-state index in [1.165, 1.54) is 0 Å². The Balaban J connectivity index is 2.52. The Morgan fingerprint density at radius 3 is 2.67 bits per heavy atom. The molecule has 0 aliphatic heterocycles. The average molecular weight is 191 g/mol. The zero-order valence-corrected chi connectivity index (χ0v) is 7.19. The number of benzene rings is 1. The third kappa shape index (κ3) is 3.18. The van der Waals surface area contributed by atoms with Crippen LogP contribution in [0.1, 0.15) is 12.0 Å². The van der Waals surface area contributed by atoms with E-state index in [2.05, 4.69) is 0 Å². The fraction of sp³-hybridized carbons (Fsp3) is 0.333. The Morgan fingerprint density at radius 2 is 2.08 bits per heavy atom. The molecular weight excluding hydrogens is 182 g/mol. The minimum absolute atomic E-state index is 0.0969. The van der Waals surface area contributed by atoms with Crippen molar-refractivity contribution < 1.29 is 8.78 Å². The van der Waals surface area contributed by atoms with Crippen molar-refractivity contribution in [3.05, 3.63) is 34.9 Å². The summed E-state index contributed by atoms with van der Waals surface area (Å²) in [7, 11) is 0. The standard InChI is InChI=1S/C9H9ClF2/c10-8-3-1-2-7(6-8)4-5-9(11)12/h1-3,6,9H,4-5H2. The molecule has 0 spiro atoms. The van der Waals surface area contributed by atoms with E-state index in [1.54, 1.807) is 24.3 Å². The van der Waals surface area contributed by atoms with Gasteiger partial charge in [0.25, 0.3) is 0 Å². The van der Waals surface area contributed by atoms with Gasteiger partial charge in [-0.1, -0.05) is 23.7 Å². The summed E-state index contributed by atoms with van der Waals surface area (Å²) in [6.45, 7) is 0. The molecule has 1 rings (SSSR count). The van der Waals surface area contributed by atoms with Gasteiger partial charge in [0.1, 0.15) is 0 Å². The fourth-order valence-corrected chi connectivity index (χ4v) is 1.18. The van der Waals surface area contributed by atoms with Crippen LogP contribution in [-0.4, -0.2) is 6.43 Å². The molecule has 0 aromatic heterocycles. The third-order valence-electron chi connectivity index (χ3n) is 1.54. The third-order valence-corrected chi connectivity index (χ3v) is 1.78. The topological polar surface area (TPSA) is 0 Å². The molecule has 0 radical (unpaired) electrons. The van der Waals surface area contributed by atoms with Crippen molar-refractivity contribution in [2.75, 3.05) is 0 Å². The second kappa shape index (κ2) is 4.41. The van der Waals surface area contributed by atoms with Gasteiger partial charge in [-0.25, -0.2) is 8.78 Å². The molecule has 0 saturated carbocycles. The molecule has 66 valence electrons. The largest absolute Gasteiger partial charge is 0.239 e. The Bertz CT molecular complexity index is 248. The first-order chi connectivity index (χ1) is 5.68. The summed E-state index contributed by atoms with van der Waals surface area (Å²) in [5.74, 6) is 0. The number of aryl methyl sites for hydroxylation is 1. The van der Waals surface area contributed by atoms with Crippen molar-refractivity contribution in [3.63, 3.8) is 0 Å². The highest BCUT2D eigenvalue weighted by Gasteiger charge is 2.02. The van der Waals surface area contributed by atoms with E-state index in [0.717, 1.165) is 5.56 Å². The van der Waals surface area contributed by atoms with Crippen LogP contribution in [0.15, 0.2) is 24.3 Å². The lowest BCUT2D eigenvalue weighted by molar-refractivity contribution is 0.138. The van der Waals surface area contributed by atoms with Gasteiger partial charge in [0.05, 0.1) is 0 Å². The summed E-state index contributed by atoms with van der Waals surface area (Å²) in [5.41, 5.74) is 0.864. The zero-order chi connectivity index (χ0) is 8.97. The van der Waals surface area contributed by atoms with Gasteiger partial charge in [-0.2, -0.15) is 0 Å². The predicted molar refractivity (Wildman–Crippen MR) is 45.8 cm³/mol. The second-order valence-corrected chi connectivity index (χ2v) is 3.00. The summed E-state index contributed by atoms with van der Waals surface area (Å²) >= 11 is 5.67. The van der Waals surface area contributed by atoms with Gasteiger partial charge in [-0.05, 0) is 24.1 Å². The van der Waals surface area contributed by atoms with Gasteiger partial charge in [-0.15, -0.1) is 0 Å². The van der Waals surface area contributed by atoms with Crippen molar-refractivity contribution in [3.8, 4) is 0 Å². The highest BCUT2D eigenvalue weighted by Crippen LogP contribution is 2.13. The number of hydrogen-bond acceptors (Lipinski definition) is 0. The van der Waals surface area contributed by atoms with Crippen molar-refractivity contribution in [1.82, 2.24) is 0 Å². The maximum atomic E-state index is 11.8. The van der Waals surface area contributed by atoms with Gasteiger partial charge >= 0.3 is 0 Å². The first kappa shape index (κ1) is 9.46. The first-order valence-electron chi connectivity index (χ1n) is 3.71. The lowest BCUT2D eigenvalue weighted by atomic mass is 10.1. The van der Waals surface area contributed by atoms with E-state index in [4.69, 9.17) is 11.6 Å². The highest BCUT2D eigenvalue weighted by atomic mass is 35.5. The molecule has 0 nitrogen and oxygen atoms in total. The van der Waals surface area contributed by atoms with Gasteiger partial charge in [-0.3, -0.25) is 0 Å². The lowest BCUT2D eigenvalue weighted by Crippen LogP contribution is -1.93. The van der Waals surface area contributed by atoms with Crippen LogP contribution in [0.25, 0.3) is 0 Å². The van der Waals surface area contributed by atoms with Crippen LogP contribution in [0.4, 0.5) is 8.78 Å². The summed E-state index contributed by atoms with van der Waals surface area (Å²) in [6, 6.07) is 7.01. The Morgan fingerprint density at radius 1 is 1.33 bits per heavy atom. The van der Waals surface area contributed by atoms with E-state index < -0.39 is 6.43 Å². The zero-order valence-electron chi connectivity index (χ0n) is 6.43. The van der Waals surface area contributed by atoms with Crippen LogP contribution >= 0.6 is 11.6 Å². The molecular formula is C9H9ClF2. The molecule has 0 unspecified atom stereocenters. The normalized spacial score (nSPS) is 10.7. The molecule has 0 aliphatic rings. The molecule has 0 heterocycles. The van der Waals surface area contributed by atoms with Crippen molar-refractivity contribution in [2.45, 2.75) is 19.3 Å². The number of rotatable bonds is 3. The van der Waals surface area contributed by atoms with E-state index in [1.807, 2.05) is 0 Å². The van der Waals surface area contributed by atoms with Crippen LogP contribution in [0.5, 0.6) is 0 Å². The Labute approximate surface area is 75.2 Å². The lowest BCUT2D eigenvalue weighted by Gasteiger charge is -2.00. The molecule has 0 aliphatic carbocycles. The van der Waals surface area contributed by atoms with E-state index in [-0.39, 0.29) is 6.42 Å². The number of halogens is 3. The van der Waals surface area contributed by atoms with Crippen molar-refractivity contribution >= 4 is 11.6 Å². The van der Waals surface area contributed by atoms with Gasteiger partial charge in [0.2, 0.25) is 6.43 Å². The Hall–Kier alpha value is -0.630. The van der Waals surface area contributed by atoms with E-state index in [9.17, 15) is 8.78 Å². The molecule has 1 aromatic rings. The van der Waals surface area contributed by atoms with E-state index >= 15 is 0 Å². The minimum atomic E-state index is -2.23. The van der Waals surface area contributed by atoms with Crippen LogP contribution in [0.2, 0.25) is 5.02 Å². The molecule has 0 N–H and O–H groups in total.